The number of carboxylic acid groups (broad SMARTS) is 1. The molecule has 0 radical (unpaired) electrons. The van der Waals surface area contributed by atoms with Crippen LogP contribution in [0.15, 0.2) is 48.5 Å². The van der Waals surface area contributed by atoms with E-state index in [-0.39, 0.29) is 17.7 Å². The summed E-state index contributed by atoms with van der Waals surface area (Å²) >= 11 is 0. The maximum absolute atomic E-state index is 14.6. The first-order valence-electron chi connectivity index (χ1n) is 8.50. The Labute approximate surface area is 158 Å². The fourth-order valence-corrected chi connectivity index (χ4v) is 3.40. The summed E-state index contributed by atoms with van der Waals surface area (Å²) in [4.78, 5) is 26.5. The molecule has 0 atom stereocenters. The van der Waals surface area contributed by atoms with E-state index in [0.717, 1.165) is 0 Å². The van der Waals surface area contributed by atoms with Gasteiger partial charge in [0.25, 0.3) is 5.91 Å². The molecule has 4 rings (SSSR count). The van der Waals surface area contributed by atoms with E-state index in [9.17, 15) is 19.1 Å². The van der Waals surface area contributed by atoms with Crippen LogP contribution in [-0.2, 0) is 6.54 Å². The molecule has 0 aliphatic carbocycles. The summed E-state index contributed by atoms with van der Waals surface area (Å²) in [6.07, 6.45) is 0. The molecular weight excluding hydrogens is 361 g/mol. The van der Waals surface area contributed by atoms with Crippen molar-refractivity contribution in [2.45, 2.75) is 6.54 Å². The van der Waals surface area contributed by atoms with Crippen LogP contribution in [0.4, 0.5) is 4.39 Å². The van der Waals surface area contributed by atoms with Gasteiger partial charge in [0.1, 0.15) is 5.82 Å². The minimum Gasteiger partial charge on any atom is -0.478 e. The first-order chi connectivity index (χ1) is 13.4. The molecule has 0 unspecified atom stereocenters. The number of amides is 1. The van der Waals surface area contributed by atoms with Gasteiger partial charge in [0.05, 0.1) is 16.6 Å². The highest BCUT2D eigenvalue weighted by Crippen LogP contribution is 2.34. The molecule has 0 aliphatic heterocycles. The Balaban J connectivity index is 2.05. The molecule has 0 bridgehead atoms. The van der Waals surface area contributed by atoms with Crippen molar-refractivity contribution < 1.29 is 19.1 Å². The lowest BCUT2D eigenvalue weighted by atomic mass is 9.97. The van der Waals surface area contributed by atoms with Gasteiger partial charge in [-0.2, -0.15) is 0 Å². The number of hydrogen-bond acceptors (Lipinski definition) is 3. The predicted molar refractivity (Wildman–Crippen MR) is 105 cm³/mol. The molecule has 3 aromatic carbocycles. The van der Waals surface area contributed by atoms with Gasteiger partial charge in [-0.3, -0.25) is 4.79 Å². The van der Waals surface area contributed by atoms with E-state index < -0.39 is 17.7 Å². The number of benzene rings is 3. The summed E-state index contributed by atoms with van der Waals surface area (Å²) in [5, 5.41) is 10.5. The van der Waals surface area contributed by atoms with Gasteiger partial charge in [0.2, 0.25) is 0 Å². The van der Waals surface area contributed by atoms with Crippen molar-refractivity contribution in [1.82, 2.24) is 4.98 Å². The number of aromatic carboxylic acids is 1. The molecule has 6 N–H and O–H groups in total. The first-order valence-corrected chi connectivity index (χ1v) is 8.50. The second-order valence-corrected chi connectivity index (χ2v) is 6.52. The second-order valence-electron chi connectivity index (χ2n) is 6.52. The Morgan fingerprint density at radius 1 is 1.04 bits per heavy atom. The van der Waals surface area contributed by atoms with E-state index in [2.05, 4.69) is 4.98 Å². The second kappa shape index (κ2) is 6.47. The lowest BCUT2D eigenvalue weighted by Gasteiger charge is -2.08. The smallest absolute Gasteiger partial charge is 0.335 e. The standard InChI is InChI=1S/C21H16FN3O3/c22-17-5-10(9-23)1-3-13(17)12-7-15-14-6-11(21(27)28)2-4-18(14)25-19(15)16(8-12)20(24)26/h1-8,25H,9,23H2,(H2,24,26)(H,27,28). The molecule has 0 fully saturated rings. The largest absolute Gasteiger partial charge is 0.478 e. The maximum Gasteiger partial charge on any atom is 0.335 e. The van der Waals surface area contributed by atoms with Gasteiger partial charge in [0, 0.05) is 28.4 Å². The van der Waals surface area contributed by atoms with E-state index in [1.165, 1.54) is 24.3 Å². The minimum absolute atomic E-state index is 0.109. The summed E-state index contributed by atoms with van der Waals surface area (Å²) in [5.41, 5.74) is 13.9. The van der Waals surface area contributed by atoms with Gasteiger partial charge in [-0.15, -0.1) is 0 Å². The zero-order valence-corrected chi connectivity index (χ0v) is 14.6. The van der Waals surface area contributed by atoms with E-state index >= 15 is 0 Å². The van der Waals surface area contributed by atoms with Gasteiger partial charge in [0.15, 0.2) is 0 Å². The Hall–Kier alpha value is -3.71. The summed E-state index contributed by atoms with van der Waals surface area (Å²) < 4.78 is 14.6. The number of carbonyl (C=O) groups excluding carboxylic acids is 1. The van der Waals surface area contributed by atoms with Crippen molar-refractivity contribution in [2.75, 3.05) is 0 Å². The van der Waals surface area contributed by atoms with Crippen molar-refractivity contribution in [3.05, 3.63) is 71.0 Å². The van der Waals surface area contributed by atoms with Crippen LogP contribution < -0.4 is 11.5 Å². The molecule has 1 aromatic heterocycles. The van der Waals surface area contributed by atoms with E-state index in [0.29, 0.717) is 38.5 Å². The molecular formula is C21H16FN3O3. The van der Waals surface area contributed by atoms with Crippen LogP contribution in [0.3, 0.4) is 0 Å². The Morgan fingerprint density at radius 2 is 1.82 bits per heavy atom. The number of carboxylic acids is 1. The number of primary amides is 1. The highest BCUT2D eigenvalue weighted by atomic mass is 19.1. The van der Waals surface area contributed by atoms with Gasteiger partial charge >= 0.3 is 5.97 Å². The Kier molecular flexibility index (Phi) is 4.09. The van der Waals surface area contributed by atoms with Crippen LogP contribution in [0.5, 0.6) is 0 Å². The number of fused-ring (bicyclic) bond motifs is 3. The van der Waals surface area contributed by atoms with Crippen LogP contribution in [-0.4, -0.2) is 22.0 Å². The molecule has 7 heteroatoms. The third-order valence-corrected chi connectivity index (χ3v) is 4.80. The molecule has 0 aliphatic rings. The molecule has 0 saturated heterocycles. The molecule has 1 heterocycles. The fourth-order valence-electron chi connectivity index (χ4n) is 3.40. The molecule has 140 valence electrons. The Morgan fingerprint density at radius 3 is 2.46 bits per heavy atom. The number of rotatable bonds is 4. The average Bonchev–Trinajstić information content (AvgIpc) is 3.04. The van der Waals surface area contributed by atoms with E-state index in [1.807, 2.05) is 0 Å². The molecule has 0 spiro atoms. The molecule has 0 saturated carbocycles. The summed E-state index contributed by atoms with van der Waals surface area (Å²) in [6, 6.07) is 12.5. The number of nitrogens with two attached hydrogens (primary N) is 2. The number of nitrogens with one attached hydrogen (secondary N) is 1. The summed E-state index contributed by atoms with van der Waals surface area (Å²) in [7, 11) is 0. The minimum atomic E-state index is -1.06. The van der Waals surface area contributed by atoms with Crippen LogP contribution in [0.1, 0.15) is 26.3 Å². The van der Waals surface area contributed by atoms with Gasteiger partial charge in [-0.1, -0.05) is 12.1 Å². The van der Waals surface area contributed by atoms with Gasteiger partial charge in [-0.05, 0) is 47.5 Å². The third-order valence-electron chi connectivity index (χ3n) is 4.80. The molecule has 6 nitrogen and oxygen atoms in total. The van der Waals surface area contributed by atoms with Crippen molar-refractivity contribution in [3.63, 3.8) is 0 Å². The number of hydrogen-bond donors (Lipinski definition) is 4. The number of aromatic amines is 1. The average molecular weight is 377 g/mol. The van der Waals surface area contributed by atoms with Crippen molar-refractivity contribution in [1.29, 1.82) is 0 Å². The Bertz CT molecular complexity index is 1280. The number of H-pyrrole nitrogens is 1. The maximum atomic E-state index is 14.6. The van der Waals surface area contributed by atoms with Crippen LogP contribution >= 0.6 is 0 Å². The quantitative estimate of drug-likeness (QED) is 0.435. The lowest BCUT2D eigenvalue weighted by molar-refractivity contribution is 0.0697. The lowest BCUT2D eigenvalue weighted by Crippen LogP contribution is -2.11. The third kappa shape index (κ3) is 2.78. The van der Waals surface area contributed by atoms with Crippen LogP contribution in [0, 0.1) is 5.82 Å². The summed E-state index contributed by atoms with van der Waals surface area (Å²) in [5.74, 6) is -2.20. The van der Waals surface area contributed by atoms with Gasteiger partial charge < -0.3 is 21.6 Å². The topological polar surface area (TPSA) is 122 Å². The van der Waals surface area contributed by atoms with E-state index in [1.54, 1.807) is 24.3 Å². The zero-order valence-electron chi connectivity index (χ0n) is 14.6. The van der Waals surface area contributed by atoms with Crippen molar-refractivity contribution in [3.8, 4) is 11.1 Å². The van der Waals surface area contributed by atoms with Crippen LogP contribution in [0.2, 0.25) is 0 Å². The highest BCUT2D eigenvalue weighted by molar-refractivity contribution is 6.17. The predicted octanol–water partition coefficient (Wildman–Crippen LogP) is 3.38. The van der Waals surface area contributed by atoms with Crippen LogP contribution in [0.25, 0.3) is 32.9 Å². The van der Waals surface area contributed by atoms with Crippen molar-refractivity contribution >= 4 is 33.7 Å². The zero-order chi connectivity index (χ0) is 20.0. The number of carbonyl (C=O) groups is 2. The SMILES string of the molecule is NCc1ccc(-c2cc(C(N)=O)c3[nH]c4ccc(C(=O)O)cc4c3c2)c(F)c1. The fraction of sp³-hybridized carbons (Fsp3) is 0.0476. The summed E-state index contributed by atoms with van der Waals surface area (Å²) in [6.45, 7) is 0.211. The molecule has 28 heavy (non-hydrogen) atoms. The van der Waals surface area contributed by atoms with Crippen molar-refractivity contribution in [2.24, 2.45) is 11.5 Å². The van der Waals surface area contributed by atoms with Gasteiger partial charge in [-0.25, -0.2) is 9.18 Å². The normalized spacial score (nSPS) is 11.2. The number of halogens is 1. The highest BCUT2D eigenvalue weighted by Gasteiger charge is 2.17. The monoisotopic (exact) mass is 377 g/mol. The molecule has 4 aromatic rings. The number of aromatic nitrogens is 1. The first kappa shape index (κ1) is 17.7. The van der Waals surface area contributed by atoms with E-state index in [4.69, 9.17) is 11.5 Å². The molecule has 1 amide bonds.